The van der Waals surface area contributed by atoms with Crippen LogP contribution >= 0.6 is 0 Å². The molecule has 0 radical (unpaired) electrons. The van der Waals surface area contributed by atoms with Crippen LogP contribution in [-0.2, 0) is 4.79 Å². The monoisotopic (exact) mass is 169 g/mol. The fraction of sp³-hybridized carbons (Fsp3) is 0.667. The first-order chi connectivity index (χ1) is 5.46. The minimum Gasteiger partial charge on any atom is -0.311 e. The highest BCUT2D eigenvalue weighted by Gasteiger charge is 2.40. The maximum Gasteiger partial charge on any atom is 0.250 e. The van der Waals surface area contributed by atoms with Gasteiger partial charge < -0.3 is 4.48 Å². The van der Waals surface area contributed by atoms with Gasteiger partial charge in [-0.15, -0.1) is 0 Å². The number of hydrogen-bond acceptors (Lipinski definition) is 1. The van der Waals surface area contributed by atoms with Gasteiger partial charge in [-0.05, 0) is 6.08 Å². The van der Waals surface area contributed by atoms with Crippen LogP contribution in [0.15, 0.2) is 12.7 Å². The predicted octanol–water partition coefficient (Wildman–Crippen LogP) is 0.437. The van der Waals surface area contributed by atoms with Gasteiger partial charge in [0.05, 0.1) is 21.1 Å². The van der Waals surface area contributed by atoms with Gasteiger partial charge in [0.2, 0.25) is 5.91 Å². The minimum atomic E-state index is 0.0549. The van der Waals surface area contributed by atoms with Crippen LogP contribution in [0.5, 0.6) is 0 Å². The number of quaternary nitrogens is 1. The third-order valence-corrected chi connectivity index (χ3v) is 2.34. The first kappa shape index (κ1) is 9.26. The van der Waals surface area contributed by atoms with Crippen LogP contribution in [-0.4, -0.2) is 49.1 Å². The molecule has 1 aliphatic rings. The molecule has 0 aromatic carbocycles. The summed E-state index contributed by atoms with van der Waals surface area (Å²) in [7, 11) is 6.31. The van der Waals surface area contributed by atoms with Crippen molar-refractivity contribution in [2.24, 2.45) is 0 Å². The third-order valence-electron chi connectivity index (χ3n) is 2.34. The van der Waals surface area contributed by atoms with Crippen molar-refractivity contribution in [3.05, 3.63) is 12.7 Å². The molecule has 0 aliphatic carbocycles. The van der Waals surface area contributed by atoms with Crippen LogP contribution in [0, 0.1) is 0 Å². The standard InChI is InChI=1S/C9H17N2O/c1-5-9(12)10-7-6-8(10)11(2,3)4/h5,8H,1,6-7H2,2-4H3/q+1. The van der Waals surface area contributed by atoms with E-state index in [4.69, 9.17) is 0 Å². The van der Waals surface area contributed by atoms with Crippen LogP contribution in [0.4, 0.5) is 0 Å². The second-order valence-corrected chi connectivity index (χ2v) is 4.12. The van der Waals surface area contributed by atoms with Crippen molar-refractivity contribution in [2.75, 3.05) is 27.7 Å². The smallest absolute Gasteiger partial charge is 0.250 e. The molecule has 0 spiro atoms. The van der Waals surface area contributed by atoms with E-state index in [2.05, 4.69) is 27.7 Å². The molecular weight excluding hydrogens is 152 g/mol. The maximum absolute atomic E-state index is 11.2. The molecule has 1 rings (SSSR count). The quantitative estimate of drug-likeness (QED) is 0.434. The van der Waals surface area contributed by atoms with E-state index in [0.717, 1.165) is 17.4 Å². The number of carbonyl (C=O) groups excluding carboxylic acids is 1. The van der Waals surface area contributed by atoms with Crippen molar-refractivity contribution in [1.29, 1.82) is 0 Å². The molecule has 1 atom stereocenters. The first-order valence-corrected chi connectivity index (χ1v) is 4.21. The molecule has 1 heterocycles. The molecule has 0 N–H and O–H groups in total. The summed E-state index contributed by atoms with van der Waals surface area (Å²) in [5.74, 6) is 0.0549. The van der Waals surface area contributed by atoms with Crippen molar-refractivity contribution >= 4 is 5.91 Å². The normalized spacial score (nSPS) is 23.2. The van der Waals surface area contributed by atoms with E-state index in [-0.39, 0.29) is 5.91 Å². The lowest BCUT2D eigenvalue weighted by molar-refractivity contribution is -0.913. The molecule has 3 heteroatoms. The molecule has 1 aliphatic heterocycles. The maximum atomic E-state index is 11.2. The Hall–Kier alpha value is -0.830. The Kier molecular flexibility index (Phi) is 2.24. The summed E-state index contributed by atoms with van der Waals surface area (Å²) in [5.41, 5.74) is 0. The van der Waals surface area contributed by atoms with Crippen LogP contribution in [0.1, 0.15) is 6.42 Å². The van der Waals surface area contributed by atoms with E-state index >= 15 is 0 Å². The number of rotatable bonds is 2. The Bertz CT molecular complexity index is 205. The van der Waals surface area contributed by atoms with Gasteiger partial charge in [-0.2, -0.15) is 0 Å². The summed E-state index contributed by atoms with van der Waals surface area (Å²) in [4.78, 5) is 13.1. The van der Waals surface area contributed by atoms with Crippen molar-refractivity contribution in [3.63, 3.8) is 0 Å². The molecule has 12 heavy (non-hydrogen) atoms. The van der Waals surface area contributed by atoms with Gasteiger partial charge in [-0.3, -0.25) is 9.69 Å². The molecule has 0 aromatic heterocycles. The fourth-order valence-electron chi connectivity index (χ4n) is 1.55. The second kappa shape index (κ2) is 2.90. The van der Waals surface area contributed by atoms with Gasteiger partial charge in [-0.25, -0.2) is 0 Å². The topological polar surface area (TPSA) is 20.3 Å². The number of hydrogen-bond donors (Lipinski definition) is 0. The average molecular weight is 169 g/mol. The van der Waals surface area contributed by atoms with E-state index in [9.17, 15) is 4.79 Å². The molecule has 0 bridgehead atoms. The number of carbonyl (C=O) groups is 1. The van der Waals surface area contributed by atoms with Crippen molar-refractivity contribution in [2.45, 2.75) is 12.6 Å². The van der Waals surface area contributed by atoms with Crippen LogP contribution < -0.4 is 0 Å². The first-order valence-electron chi connectivity index (χ1n) is 4.21. The van der Waals surface area contributed by atoms with Crippen LogP contribution in [0.25, 0.3) is 0 Å². The van der Waals surface area contributed by atoms with Gasteiger partial charge in [0.15, 0.2) is 6.17 Å². The Morgan fingerprint density at radius 3 is 2.42 bits per heavy atom. The Morgan fingerprint density at radius 1 is 1.58 bits per heavy atom. The van der Waals surface area contributed by atoms with Gasteiger partial charge in [-0.1, -0.05) is 6.58 Å². The SMILES string of the molecule is C=CC(=O)N1CCC1[N+](C)(C)C. The summed E-state index contributed by atoms with van der Waals surface area (Å²) in [5, 5.41) is 0. The van der Waals surface area contributed by atoms with Crippen molar-refractivity contribution in [1.82, 2.24) is 4.90 Å². The van der Waals surface area contributed by atoms with E-state index < -0.39 is 0 Å². The zero-order chi connectivity index (χ0) is 9.35. The van der Waals surface area contributed by atoms with Gasteiger partial charge >= 0.3 is 0 Å². The molecule has 0 saturated carbocycles. The molecule has 1 amide bonds. The lowest BCUT2D eigenvalue weighted by Crippen LogP contribution is -2.64. The van der Waals surface area contributed by atoms with Crippen molar-refractivity contribution in [3.8, 4) is 0 Å². The van der Waals surface area contributed by atoms with E-state index in [1.54, 1.807) is 0 Å². The molecule has 1 unspecified atom stereocenters. The third kappa shape index (κ3) is 1.50. The number of nitrogens with zero attached hydrogens (tertiary/aromatic N) is 2. The second-order valence-electron chi connectivity index (χ2n) is 4.12. The largest absolute Gasteiger partial charge is 0.311 e. The summed E-state index contributed by atoms with van der Waals surface area (Å²) in [6.45, 7) is 4.36. The highest BCUT2D eigenvalue weighted by molar-refractivity contribution is 5.87. The average Bonchev–Trinajstić information content (AvgIpc) is 1.80. The predicted molar refractivity (Wildman–Crippen MR) is 48.3 cm³/mol. The highest BCUT2D eigenvalue weighted by Crippen LogP contribution is 2.23. The molecule has 1 fully saturated rings. The molecule has 1 saturated heterocycles. The molecule has 68 valence electrons. The summed E-state index contributed by atoms with van der Waals surface area (Å²) < 4.78 is 0.819. The van der Waals surface area contributed by atoms with E-state index in [1.807, 2.05) is 4.90 Å². The zero-order valence-electron chi connectivity index (χ0n) is 8.08. The van der Waals surface area contributed by atoms with Gasteiger partial charge in [0.25, 0.3) is 0 Å². The minimum absolute atomic E-state index is 0.0549. The van der Waals surface area contributed by atoms with Crippen molar-refractivity contribution < 1.29 is 9.28 Å². The Labute approximate surface area is 73.9 Å². The van der Waals surface area contributed by atoms with Crippen LogP contribution in [0.3, 0.4) is 0 Å². The fourth-order valence-corrected chi connectivity index (χ4v) is 1.55. The summed E-state index contributed by atoms with van der Waals surface area (Å²) >= 11 is 0. The number of amides is 1. The summed E-state index contributed by atoms with van der Waals surface area (Å²) in [6.07, 6.45) is 2.83. The Morgan fingerprint density at radius 2 is 2.17 bits per heavy atom. The van der Waals surface area contributed by atoms with Gasteiger partial charge in [0, 0.05) is 13.0 Å². The van der Waals surface area contributed by atoms with E-state index in [0.29, 0.717) is 6.17 Å². The van der Waals surface area contributed by atoms with Gasteiger partial charge in [0.1, 0.15) is 0 Å². The zero-order valence-corrected chi connectivity index (χ0v) is 8.08. The highest BCUT2D eigenvalue weighted by atomic mass is 16.2. The van der Waals surface area contributed by atoms with E-state index in [1.165, 1.54) is 6.08 Å². The summed E-state index contributed by atoms with van der Waals surface area (Å²) in [6, 6.07) is 0. The Balaban J connectivity index is 2.61. The lowest BCUT2D eigenvalue weighted by atomic mass is 10.1. The van der Waals surface area contributed by atoms with Crippen LogP contribution in [0.2, 0.25) is 0 Å². The molecular formula is C9H17N2O+. The molecule has 3 nitrogen and oxygen atoms in total. The number of likely N-dealkylation sites (tertiary alicyclic amines) is 1. The molecule has 0 aromatic rings. The lowest BCUT2D eigenvalue weighted by Gasteiger charge is -2.47.